The summed E-state index contributed by atoms with van der Waals surface area (Å²) in [4.78, 5) is 19.0. The van der Waals surface area contributed by atoms with E-state index in [9.17, 15) is 9.90 Å². The second kappa shape index (κ2) is 9.02. The summed E-state index contributed by atoms with van der Waals surface area (Å²) in [6.45, 7) is 6.54. The standard InChI is InChI=1S/C21H25N3O4/c1-21(2,26)8-7-17-5-6-19(28-17)20(25)23-15-18(16-4-3-9-22-14-16)24-10-12-27-13-11-24/h3-6,9,14,18,26H,10-13,15H2,1-2H3,(H,23,25). The maximum Gasteiger partial charge on any atom is 0.287 e. The van der Waals surface area contributed by atoms with Gasteiger partial charge in [-0.1, -0.05) is 12.0 Å². The third kappa shape index (κ3) is 5.67. The van der Waals surface area contributed by atoms with Gasteiger partial charge in [0, 0.05) is 32.0 Å². The van der Waals surface area contributed by atoms with Gasteiger partial charge in [0.15, 0.2) is 11.5 Å². The molecule has 3 heterocycles. The van der Waals surface area contributed by atoms with E-state index in [1.165, 1.54) is 0 Å². The van der Waals surface area contributed by atoms with E-state index in [1.54, 1.807) is 32.2 Å². The van der Waals surface area contributed by atoms with Crippen LogP contribution in [0.25, 0.3) is 0 Å². The van der Waals surface area contributed by atoms with Crippen LogP contribution >= 0.6 is 0 Å². The van der Waals surface area contributed by atoms with Crippen LogP contribution in [-0.2, 0) is 4.74 Å². The zero-order chi connectivity index (χ0) is 20.0. The van der Waals surface area contributed by atoms with Crippen molar-refractivity contribution in [2.75, 3.05) is 32.8 Å². The fourth-order valence-corrected chi connectivity index (χ4v) is 2.94. The number of ether oxygens (including phenoxy) is 1. The van der Waals surface area contributed by atoms with E-state index in [2.05, 4.69) is 27.0 Å². The zero-order valence-electron chi connectivity index (χ0n) is 16.1. The van der Waals surface area contributed by atoms with Crippen LogP contribution in [-0.4, -0.2) is 59.3 Å². The molecule has 3 rings (SSSR count). The van der Waals surface area contributed by atoms with Crippen LogP contribution < -0.4 is 5.32 Å². The fourth-order valence-electron chi connectivity index (χ4n) is 2.94. The number of amides is 1. The largest absolute Gasteiger partial charge is 0.443 e. The Bertz CT molecular complexity index is 840. The first-order chi connectivity index (χ1) is 13.4. The first-order valence-electron chi connectivity index (χ1n) is 9.28. The summed E-state index contributed by atoms with van der Waals surface area (Å²) >= 11 is 0. The van der Waals surface area contributed by atoms with Crippen molar-refractivity contribution in [3.8, 4) is 11.8 Å². The fraction of sp³-hybridized carbons (Fsp3) is 0.429. The molecule has 2 aromatic rings. The van der Waals surface area contributed by atoms with Crippen LogP contribution in [0.15, 0.2) is 41.1 Å². The smallest absolute Gasteiger partial charge is 0.287 e. The molecule has 1 saturated heterocycles. The molecule has 1 fully saturated rings. The van der Waals surface area contributed by atoms with Crippen molar-refractivity contribution >= 4 is 5.91 Å². The van der Waals surface area contributed by atoms with Crippen LogP contribution in [0.1, 0.15) is 41.8 Å². The Morgan fingerprint density at radius 2 is 2.14 bits per heavy atom. The van der Waals surface area contributed by atoms with Crippen molar-refractivity contribution in [1.82, 2.24) is 15.2 Å². The lowest BCUT2D eigenvalue weighted by atomic mass is 10.1. The molecule has 1 unspecified atom stereocenters. The molecule has 1 atom stereocenters. The third-order valence-electron chi connectivity index (χ3n) is 4.33. The SMILES string of the molecule is CC(C)(O)C#Cc1ccc(C(=O)NCC(c2cccnc2)N2CCOCC2)o1. The summed E-state index contributed by atoms with van der Waals surface area (Å²) < 4.78 is 10.9. The highest BCUT2D eigenvalue weighted by molar-refractivity contribution is 5.91. The maximum atomic E-state index is 12.5. The molecule has 1 aliphatic rings. The first-order valence-corrected chi connectivity index (χ1v) is 9.28. The molecule has 0 spiro atoms. The Kier molecular flexibility index (Phi) is 6.47. The summed E-state index contributed by atoms with van der Waals surface area (Å²) in [6, 6.07) is 7.11. The predicted octanol–water partition coefficient (Wildman–Crippen LogP) is 1.60. The number of aromatic nitrogens is 1. The topological polar surface area (TPSA) is 87.8 Å². The molecule has 7 nitrogen and oxygen atoms in total. The van der Waals surface area contributed by atoms with Gasteiger partial charge in [0.1, 0.15) is 5.60 Å². The average molecular weight is 383 g/mol. The Morgan fingerprint density at radius 1 is 1.36 bits per heavy atom. The molecule has 0 aromatic carbocycles. The molecule has 0 radical (unpaired) electrons. The second-order valence-corrected chi connectivity index (χ2v) is 7.13. The molecule has 0 bridgehead atoms. The molecule has 0 aliphatic carbocycles. The van der Waals surface area contributed by atoms with Crippen LogP contribution in [0.5, 0.6) is 0 Å². The van der Waals surface area contributed by atoms with Crippen LogP contribution in [0.2, 0.25) is 0 Å². The van der Waals surface area contributed by atoms with Gasteiger partial charge in [0.05, 0.1) is 19.3 Å². The third-order valence-corrected chi connectivity index (χ3v) is 4.33. The van der Waals surface area contributed by atoms with Gasteiger partial charge in [-0.2, -0.15) is 0 Å². The maximum absolute atomic E-state index is 12.5. The van der Waals surface area contributed by atoms with Crippen LogP contribution in [0.3, 0.4) is 0 Å². The molecule has 2 aromatic heterocycles. The lowest BCUT2D eigenvalue weighted by molar-refractivity contribution is 0.0161. The molecular formula is C21H25N3O4. The lowest BCUT2D eigenvalue weighted by Crippen LogP contribution is -2.43. The van der Waals surface area contributed by atoms with E-state index in [0.717, 1.165) is 18.7 Å². The molecular weight excluding hydrogens is 358 g/mol. The Morgan fingerprint density at radius 3 is 2.82 bits per heavy atom. The summed E-state index contributed by atoms with van der Waals surface area (Å²) in [5.41, 5.74) is -0.0782. The summed E-state index contributed by atoms with van der Waals surface area (Å²) in [5, 5.41) is 12.6. The number of aliphatic hydroxyl groups is 1. The molecule has 28 heavy (non-hydrogen) atoms. The zero-order valence-corrected chi connectivity index (χ0v) is 16.1. The number of carbonyl (C=O) groups excluding carboxylic acids is 1. The molecule has 7 heteroatoms. The van der Waals surface area contributed by atoms with Crippen molar-refractivity contribution < 1.29 is 19.1 Å². The van der Waals surface area contributed by atoms with E-state index in [1.807, 2.05) is 18.3 Å². The van der Waals surface area contributed by atoms with Gasteiger partial charge in [-0.3, -0.25) is 14.7 Å². The number of pyridine rings is 1. The van der Waals surface area contributed by atoms with Gasteiger partial charge < -0.3 is 19.6 Å². The highest BCUT2D eigenvalue weighted by Crippen LogP contribution is 2.20. The summed E-state index contributed by atoms with van der Waals surface area (Å²) in [6.07, 6.45) is 3.56. The number of nitrogens with zero attached hydrogens (tertiary/aromatic N) is 2. The van der Waals surface area contributed by atoms with Crippen molar-refractivity contribution in [1.29, 1.82) is 0 Å². The normalized spacial score (nSPS) is 16.1. The summed E-state index contributed by atoms with van der Waals surface area (Å²) in [5.74, 6) is 5.60. The van der Waals surface area contributed by atoms with E-state index in [0.29, 0.717) is 25.5 Å². The van der Waals surface area contributed by atoms with E-state index in [4.69, 9.17) is 9.15 Å². The molecule has 1 amide bonds. The minimum Gasteiger partial charge on any atom is -0.443 e. The van der Waals surface area contributed by atoms with Crippen molar-refractivity contribution in [3.63, 3.8) is 0 Å². The molecule has 1 aliphatic heterocycles. The van der Waals surface area contributed by atoms with Crippen LogP contribution in [0, 0.1) is 11.8 Å². The Labute approximate surface area is 164 Å². The van der Waals surface area contributed by atoms with Gasteiger partial charge in [0.2, 0.25) is 0 Å². The molecule has 0 saturated carbocycles. The highest BCUT2D eigenvalue weighted by atomic mass is 16.5. The average Bonchev–Trinajstić information content (AvgIpc) is 3.17. The van der Waals surface area contributed by atoms with Gasteiger partial charge in [-0.05, 0) is 43.5 Å². The molecule has 2 N–H and O–H groups in total. The van der Waals surface area contributed by atoms with Gasteiger partial charge in [-0.25, -0.2) is 0 Å². The van der Waals surface area contributed by atoms with Crippen molar-refractivity contribution in [3.05, 3.63) is 53.7 Å². The van der Waals surface area contributed by atoms with Gasteiger partial charge >= 0.3 is 0 Å². The highest BCUT2D eigenvalue weighted by Gasteiger charge is 2.24. The van der Waals surface area contributed by atoms with E-state index in [-0.39, 0.29) is 17.7 Å². The van der Waals surface area contributed by atoms with Crippen LogP contribution in [0.4, 0.5) is 0 Å². The number of furan rings is 1. The van der Waals surface area contributed by atoms with E-state index < -0.39 is 5.60 Å². The quantitative estimate of drug-likeness (QED) is 0.763. The first kappa shape index (κ1) is 20.1. The van der Waals surface area contributed by atoms with Gasteiger partial charge in [-0.15, -0.1) is 0 Å². The second-order valence-electron chi connectivity index (χ2n) is 7.13. The van der Waals surface area contributed by atoms with Crippen molar-refractivity contribution in [2.24, 2.45) is 0 Å². The van der Waals surface area contributed by atoms with Crippen molar-refractivity contribution in [2.45, 2.75) is 25.5 Å². The number of hydrogen-bond donors (Lipinski definition) is 2. The number of carbonyl (C=O) groups is 1. The van der Waals surface area contributed by atoms with E-state index >= 15 is 0 Å². The molecule has 148 valence electrons. The number of morpholine rings is 1. The van der Waals surface area contributed by atoms with Gasteiger partial charge in [0.25, 0.3) is 5.91 Å². The number of hydrogen-bond acceptors (Lipinski definition) is 6. The minimum absolute atomic E-state index is 0.00552. The lowest BCUT2D eigenvalue weighted by Gasteiger charge is -2.34. The summed E-state index contributed by atoms with van der Waals surface area (Å²) in [7, 11) is 0. The Hall–Kier alpha value is -2.66. The monoisotopic (exact) mass is 383 g/mol. The predicted molar refractivity (Wildman–Crippen MR) is 104 cm³/mol. The Balaban J connectivity index is 1.66. The minimum atomic E-state index is -1.12. The number of nitrogens with one attached hydrogen (secondary N) is 1. The number of rotatable bonds is 5.